The van der Waals surface area contributed by atoms with Gasteiger partial charge in [-0.1, -0.05) is 18.3 Å². The molecule has 16 heavy (non-hydrogen) atoms. The summed E-state index contributed by atoms with van der Waals surface area (Å²) in [5.74, 6) is 0. The maximum atomic E-state index is 11.6. The van der Waals surface area contributed by atoms with Gasteiger partial charge in [0.2, 0.25) is 0 Å². The Labute approximate surface area is 100.0 Å². The number of rotatable bonds is 4. The number of hydrogen-bond acceptors (Lipinski definition) is 6. The second-order valence-corrected chi connectivity index (χ2v) is 7.82. The molecular formula is C9H17N3O2S2. The van der Waals surface area contributed by atoms with Crippen LogP contribution in [0.4, 0.5) is 0 Å². The summed E-state index contributed by atoms with van der Waals surface area (Å²) in [6.07, 6.45) is 1.96. The first-order valence-electron chi connectivity index (χ1n) is 4.99. The average molecular weight is 263 g/mol. The summed E-state index contributed by atoms with van der Waals surface area (Å²) in [7, 11) is -3.21. The molecule has 0 saturated heterocycles. The van der Waals surface area contributed by atoms with Gasteiger partial charge in [0.05, 0.1) is 6.04 Å². The Hall–Kier alpha value is -0.530. The van der Waals surface area contributed by atoms with Gasteiger partial charge in [0.1, 0.15) is 14.8 Å². The lowest BCUT2D eigenvalue weighted by atomic mass is 10.2. The molecule has 1 aromatic heterocycles. The highest BCUT2D eigenvalue weighted by atomic mass is 32.2. The summed E-state index contributed by atoms with van der Waals surface area (Å²) >= 11 is 1.27. The number of aromatic nitrogens is 2. The van der Waals surface area contributed by atoms with Crippen LogP contribution in [0.5, 0.6) is 0 Å². The van der Waals surface area contributed by atoms with E-state index in [-0.39, 0.29) is 6.04 Å². The average Bonchev–Trinajstić information content (AvgIpc) is 2.64. The van der Waals surface area contributed by atoms with Crippen LogP contribution in [0, 0.1) is 0 Å². The summed E-state index contributed by atoms with van der Waals surface area (Å²) < 4.78 is 22.2. The molecular weight excluding hydrogens is 246 g/mol. The van der Waals surface area contributed by atoms with Crippen molar-refractivity contribution in [2.24, 2.45) is 5.73 Å². The summed E-state index contributed by atoms with van der Waals surface area (Å²) in [6, 6.07) is -0.165. The monoisotopic (exact) mass is 263 g/mol. The van der Waals surface area contributed by atoms with Gasteiger partial charge in [-0.25, -0.2) is 8.42 Å². The molecule has 7 heteroatoms. The highest BCUT2D eigenvalue weighted by Gasteiger charge is 2.36. The van der Waals surface area contributed by atoms with Gasteiger partial charge in [-0.15, -0.1) is 10.2 Å². The number of hydrogen-bond donors (Lipinski definition) is 1. The predicted octanol–water partition coefficient (Wildman–Crippen LogP) is 1.23. The molecule has 0 aliphatic heterocycles. The first kappa shape index (κ1) is 13.5. The van der Waals surface area contributed by atoms with E-state index in [4.69, 9.17) is 5.73 Å². The smallest absolute Gasteiger partial charge is 0.159 e. The molecule has 0 aliphatic rings. The molecule has 5 nitrogen and oxygen atoms in total. The minimum absolute atomic E-state index is 0.165. The van der Waals surface area contributed by atoms with Crippen LogP contribution in [-0.2, 0) is 14.6 Å². The van der Waals surface area contributed by atoms with Crippen molar-refractivity contribution in [1.29, 1.82) is 0 Å². The molecule has 1 rings (SSSR count). The van der Waals surface area contributed by atoms with Crippen molar-refractivity contribution in [2.75, 3.05) is 6.26 Å². The van der Waals surface area contributed by atoms with Gasteiger partial charge >= 0.3 is 0 Å². The van der Waals surface area contributed by atoms with Crippen LogP contribution in [-0.4, -0.2) is 24.9 Å². The van der Waals surface area contributed by atoms with E-state index >= 15 is 0 Å². The van der Waals surface area contributed by atoms with E-state index in [1.807, 2.05) is 6.92 Å². The molecule has 0 bridgehead atoms. The largest absolute Gasteiger partial charge is 0.322 e. The van der Waals surface area contributed by atoms with Crippen molar-refractivity contribution in [3.63, 3.8) is 0 Å². The number of sulfone groups is 1. The lowest BCUT2D eigenvalue weighted by Crippen LogP contribution is -2.27. The molecule has 1 aromatic rings. The minimum atomic E-state index is -3.21. The highest BCUT2D eigenvalue weighted by Crippen LogP contribution is 2.32. The van der Waals surface area contributed by atoms with Crippen LogP contribution in [0.1, 0.15) is 43.2 Å². The molecule has 0 aliphatic carbocycles. The molecule has 1 atom stereocenters. The zero-order valence-electron chi connectivity index (χ0n) is 9.89. The number of nitrogens with zero attached hydrogens (tertiary/aromatic N) is 2. The van der Waals surface area contributed by atoms with E-state index in [1.165, 1.54) is 17.6 Å². The Kier molecular flexibility index (Phi) is 3.71. The Balaban J connectivity index is 3.12. The maximum absolute atomic E-state index is 11.6. The van der Waals surface area contributed by atoms with Crippen LogP contribution in [0.15, 0.2) is 0 Å². The standard InChI is InChI=1S/C9H17N3O2S2/c1-5-6(10)7-11-12-8(15-7)9(2,3)16(4,13)14/h6H,5,10H2,1-4H3. The van der Waals surface area contributed by atoms with Gasteiger partial charge in [-0.3, -0.25) is 0 Å². The fourth-order valence-electron chi connectivity index (χ4n) is 0.961. The van der Waals surface area contributed by atoms with Crippen LogP contribution in [0.3, 0.4) is 0 Å². The first-order valence-corrected chi connectivity index (χ1v) is 7.70. The first-order chi connectivity index (χ1) is 7.20. The van der Waals surface area contributed by atoms with Crippen molar-refractivity contribution in [3.8, 4) is 0 Å². The van der Waals surface area contributed by atoms with Crippen LogP contribution in [0.2, 0.25) is 0 Å². The molecule has 0 amide bonds. The minimum Gasteiger partial charge on any atom is -0.322 e. The molecule has 2 N–H and O–H groups in total. The van der Waals surface area contributed by atoms with Crippen molar-refractivity contribution in [2.45, 2.75) is 38.0 Å². The van der Waals surface area contributed by atoms with Gasteiger partial charge in [0, 0.05) is 6.26 Å². The van der Waals surface area contributed by atoms with E-state index in [0.29, 0.717) is 10.0 Å². The van der Waals surface area contributed by atoms with Gasteiger partial charge in [-0.05, 0) is 20.3 Å². The van der Waals surface area contributed by atoms with Gasteiger partial charge in [0.25, 0.3) is 0 Å². The zero-order valence-corrected chi connectivity index (χ0v) is 11.5. The van der Waals surface area contributed by atoms with Crippen LogP contribution >= 0.6 is 11.3 Å². The molecule has 0 saturated carbocycles. The predicted molar refractivity (Wildman–Crippen MR) is 65.0 cm³/mol. The quantitative estimate of drug-likeness (QED) is 0.883. The molecule has 92 valence electrons. The third-order valence-electron chi connectivity index (χ3n) is 2.64. The molecule has 0 radical (unpaired) electrons. The summed E-state index contributed by atoms with van der Waals surface area (Å²) in [5.41, 5.74) is 5.82. The van der Waals surface area contributed by atoms with Crippen LogP contribution < -0.4 is 5.73 Å². The number of nitrogens with two attached hydrogens (primary N) is 1. The third kappa shape index (κ3) is 2.41. The molecule has 1 heterocycles. The Bertz CT molecular complexity index is 465. The van der Waals surface area contributed by atoms with E-state index in [2.05, 4.69) is 10.2 Å². The molecule has 0 fully saturated rings. The Morgan fingerprint density at radius 3 is 2.44 bits per heavy atom. The fourth-order valence-corrected chi connectivity index (χ4v) is 2.82. The Morgan fingerprint density at radius 2 is 2.00 bits per heavy atom. The van der Waals surface area contributed by atoms with E-state index in [0.717, 1.165) is 6.42 Å². The van der Waals surface area contributed by atoms with E-state index in [1.54, 1.807) is 13.8 Å². The van der Waals surface area contributed by atoms with Crippen molar-refractivity contribution in [3.05, 3.63) is 10.0 Å². The summed E-state index contributed by atoms with van der Waals surface area (Å²) in [6.45, 7) is 5.21. The zero-order chi connectivity index (χ0) is 12.6. The van der Waals surface area contributed by atoms with Gasteiger partial charge in [0.15, 0.2) is 9.84 Å². The van der Waals surface area contributed by atoms with Gasteiger partial charge in [-0.2, -0.15) is 0 Å². The Morgan fingerprint density at radius 1 is 1.44 bits per heavy atom. The van der Waals surface area contributed by atoms with Crippen molar-refractivity contribution in [1.82, 2.24) is 10.2 Å². The SMILES string of the molecule is CCC(N)c1nnc(C(C)(C)S(C)(=O)=O)s1. The van der Waals surface area contributed by atoms with Crippen molar-refractivity contribution >= 4 is 21.2 Å². The molecule has 0 spiro atoms. The van der Waals surface area contributed by atoms with E-state index < -0.39 is 14.6 Å². The maximum Gasteiger partial charge on any atom is 0.159 e. The lowest BCUT2D eigenvalue weighted by molar-refractivity contribution is 0.558. The van der Waals surface area contributed by atoms with E-state index in [9.17, 15) is 8.42 Å². The highest BCUT2D eigenvalue weighted by molar-refractivity contribution is 7.91. The molecule has 0 aromatic carbocycles. The topological polar surface area (TPSA) is 85.9 Å². The second-order valence-electron chi connectivity index (χ2n) is 4.24. The fraction of sp³-hybridized carbons (Fsp3) is 0.778. The summed E-state index contributed by atoms with van der Waals surface area (Å²) in [4.78, 5) is 0. The van der Waals surface area contributed by atoms with Crippen molar-refractivity contribution < 1.29 is 8.42 Å². The normalized spacial score (nSPS) is 15.1. The van der Waals surface area contributed by atoms with Crippen LogP contribution in [0.25, 0.3) is 0 Å². The molecule has 1 unspecified atom stereocenters. The summed E-state index contributed by atoms with van der Waals surface area (Å²) in [5, 5.41) is 9.06. The van der Waals surface area contributed by atoms with Gasteiger partial charge < -0.3 is 5.73 Å². The second kappa shape index (κ2) is 4.38. The lowest BCUT2D eigenvalue weighted by Gasteiger charge is -2.18. The third-order valence-corrected chi connectivity index (χ3v) is 6.20.